The lowest BCUT2D eigenvalue weighted by molar-refractivity contribution is 0.186. The van der Waals surface area contributed by atoms with Gasteiger partial charge < -0.3 is 10.8 Å². The van der Waals surface area contributed by atoms with Gasteiger partial charge in [-0.25, -0.2) is 8.42 Å². The van der Waals surface area contributed by atoms with Gasteiger partial charge in [0.2, 0.25) is 10.0 Å². The summed E-state index contributed by atoms with van der Waals surface area (Å²) in [6.07, 6.45) is 3.45. The number of anilines is 1. The van der Waals surface area contributed by atoms with Crippen molar-refractivity contribution in [2.24, 2.45) is 0 Å². The highest BCUT2D eigenvalue weighted by Gasteiger charge is 2.34. The van der Waals surface area contributed by atoms with E-state index in [0.29, 0.717) is 18.5 Å². The highest BCUT2D eigenvalue weighted by molar-refractivity contribution is 7.89. The maximum absolute atomic E-state index is 13.0. The van der Waals surface area contributed by atoms with E-state index in [1.165, 1.54) is 4.31 Å². The number of nitrogens with zero attached hydrogens (tertiary/aromatic N) is 1. The van der Waals surface area contributed by atoms with Crippen molar-refractivity contribution in [3.8, 4) is 0 Å². The Morgan fingerprint density at radius 3 is 2.67 bits per heavy atom. The molecule has 6 heteroatoms. The van der Waals surface area contributed by atoms with Gasteiger partial charge in [-0.15, -0.1) is 0 Å². The molecule has 2 rings (SSSR count). The van der Waals surface area contributed by atoms with Crippen molar-refractivity contribution in [3.63, 3.8) is 0 Å². The molecule has 1 aliphatic rings. The quantitative estimate of drug-likeness (QED) is 0.834. The van der Waals surface area contributed by atoms with Gasteiger partial charge in [0, 0.05) is 12.6 Å². The first-order valence-corrected chi connectivity index (χ1v) is 8.82. The van der Waals surface area contributed by atoms with Crippen molar-refractivity contribution in [2.75, 3.05) is 18.9 Å². The zero-order valence-corrected chi connectivity index (χ0v) is 13.5. The van der Waals surface area contributed by atoms with Crippen molar-refractivity contribution < 1.29 is 13.5 Å². The Bertz CT molecular complexity index is 614. The monoisotopic (exact) mass is 312 g/mol. The second-order valence-corrected chi connectivity index (χ2v) is 7.55. The predicted molar refractivity (Wildman–Crippen MR) is 83.6 cm³/mol. The van der Waals surface area contributed by atoms with Crippen LogP contribution in [0.25, 0.3) is 0 Å². The summed E-state index contributed by atoms with van der Waals surface area (Å²) in [7, 11) is -3.68. The number of aryl methyl sites for hydroxylation is 1. The van der Waals surface area contributed by atoms with Gasteiger partial charge in [-0.3, -0.25) is 0 Å². The Balaban J connectivity index is 2.52. The molecule has 0 amide bonds. The number of nitrogens with two attached hydrogens (primary N) is 1. The number of sulfonamides is 1. The summed E-state index contributed by atoms with van der Waals surface area (Å²) in [4.78, 5) is 0.197. The summed E-state index contributed by atoms with van der Waals surface area (Å²) in [6, 6.07) is 3.12. The third kappa shape index (κ3) is 3.07. The number of aliphatic hydroxyl groups excluding tert-OH is 1. The van der Waals surface area contributed by atoms with Crippen LogP contribution in [0.3, 0.4) is 0 Å². The van der Waals surface area contributed by atoms with Crippen LogP contribution in [0.4, 0.5) is 5.69 Å². The fourth-order valence-corrected chi connectivity index (χ4v) is 5.00. The summed E-state index contributed by atoms with van der Waals surface area (Å²) >= 11 is 0. The molecule has 1 aliphatic heterocycles. The van der Waals surface area contributed by atoms with Crippen molar-refractivity contribution in [2.45, 2.75) is 50.5 Å². The number of rotatable bonds is 3. The van der Waals surface area contributed by atoms with Crippen LogP contribution in [0, 0.1) is 13.8 Å². The van der Waals surface area contributed by atoms with Crippen LogP contribution in [-0.2, 0) is 10.0 Å². The molecule has 0 radical (unpaired) electrons. The normalized spacial score (nSPS) is 21.2. The molecule has 5 nitrogen and oxygen atoms in total. The number of hydrogen-bond donors (Lipinski definition) is 2. The summed E-state index contributed by atoms with van der Waals surface area (Å²) in [5.41, 5.74) is 7.81. The highest BCUT2D eigenvalue weighted by Crippen LogP contribution is 2.31. The second-order valence-electron chi connectivity index (χ2n) is 5.73. The Labute approximate surface area is 126 Å². The molecule has 0 bridgehead atoms. The minimum absolute atomic E-state index is 0.149. The number of hydrogen-bond acceptors (Lipinski definition) is 4. The van der Waals surface area contributed by atoms with Crippen molar-refractivity contribution in [3.05, 3.63) is 23.3 Å². The molecule has 1 unspecified atom stereocenters. The van der Waals surface area contributed by atoms with E-state index in [0.717, 1.165) is 24.8 Å². The van der Waals surface area contributed by atoms with Gasteiger partial charge in [0.25, 0.3) is 0 Å². The standard InChI is InChI=1S/C15H24N2O3S/c1-11-7-8-14(16)15(12(11)2)21(19,20)17-9-5-3-4-6-13(17)10-18/h7-8,13,18H,3-6,9-10,16H2,1-2H3. The Morgan fingerprint density at radius 1 is 1.29 bits per heavy atom. The molecule has 1 aromatic rings. The predicted octanol–water partition coefficient (Wildman–Crippen LogP) is 1.81. The van der Waals surface area contributed by atoms with Crippen LogP contribution < -0.4 is 5.73 Å². The van der Waals surface area contributed by atoms with Crippen LogP contribution in [0.1, 0.15) is 36.8 Å². The largest absolute Gasteiger partial charge is 0.398 e. The maximum Gasteiger partial charge on any atom is 0.245 e. The molecule has 118 valence electrons. The molecule has 1 heterocycles. The molecule has 1 atom stereocenters. The first kappa shape index (κ1) is 16.3. The van der Waals surface area contributed by atoms with Crippen LogP contribution in [0.5, 0.6) is 0 Å². The van der Waals surface area contributed by atoms with Crippen LogP contribution in [0.15, 0.2) is 17.0 Å². The van der Waals surface area contributed by atoms with Gasteiger partial charge in [-0.1, -0.05) is 18.9 Å². The Hall–Kier alpha value is -1.11. The fraction of sp³-hybridized carbons (Fsp3) is 0.600. The molecule has 0 spiro atoms. The molecule has 0 saturated carbocycles. The van der Waals surface area contributed by atoms with E-state index in [1.54, 1.807) is 13.0 Å². The lowest BCUT2D eigenvalue weighted by atomic mass is 10.1. The van der Waals surface area contributed by atoms with Crippen molar-refractivity contribution in [1.82, 2.24) is 4.31 Å². The minimum atomic E-state index is -3.68. The number of benzene rings is 1. The molecule has 1 aromatic carbocycles. The highest BCUT2D eigenvalue weighted by atomic mass is 32.2. The van der Waals surface area contributed by atoms with E-state index in [1.807, 2.05) is 13.0 Å². The van der Waals surface area contributed by atoms with E-state index in [4.69, 9.17) is 5.73 Å². The van der Waals surface area contributed by atoms with E-state index < -0.39 is 10.0 Å². The van der Waals surface area contributed by atoms with Crippen molar-refractivity contribution >= 4 is 15.7 Å². The third-order valence-electron chi connectivity index (χ3n) is 4.31. The first-order valence-electron chi connectivity index (χ1n) is 7.38. The minimum Gasteiger partial charge on any atom is -0.398 e. The average Bonchev–Trinajstić information content (AvgIpc) is 2.68. The van der Waals surface area contributed by atoms with Crippen LogP contribution in [0.2, 0.25) is 0 Å². The van der Waals surface area contributed by atoms with Gasteiger partial charge in [0.1, 0.15) is 4.90 Å². The van der Waals surface area contributed by atoms with Gasteiger partial charge in [-0.05, 0) is 43.9 Å². The molecule has 3 N–H and O–H groups in total. The number of nitrogen functional groups attached to an aromatic ring is 1. The fourth-order valence-electron chi connectivity index (χ4n) is 2.92. The smallest absolute Gasteiger partial charge is 0.245 e. The topological polar surface area (TPSA) is 83.6 Å². The first-order chi connectivity index (χ1) is 9.89. The third-order valence-corrected chi connectivity index (χ3v) is 6.46. The molecule has 0 aromatic heterocycles. The van der Waals surface area contributed by atoms with Gasteiger partial charge in [0.15, 0.2) is 0 Å². The lowest BCUT2D eigenvalue weighted by Gasteiger charge is -2.29. The van der Waals surface area contributed by atoms with Gasteiger partial charge in [-0.2, -0.15) is 4.31 Å². The summed E-state index contributed by atoms with van der Waals surface area (Å²) in [5.74, 6) is 0. The molecule has 1 fully saturated rings. The zero-order chi connectivity index (χ0) is 15.6. The number of aliphatic hydroxyl groups is 1. The van der Waals surface area contributed by atoms with Crippen LogP contribution in [-0.4, -0.2) is 37.0 Å². The summed E-state index contributed by atoms with van der Waals surface area (Å²) in [6.45, 7) is 3.95. The second kappa shape index (κ2) is 6.34. The molecular formula is C15H24N2O3S. The van der Waals surface area contributed by atoms with Crippen molar-refractivity contribution in [1.29, 1.82) is 0 Å². The SMILES string of the molecule is Cc1ccc(N)c(S(=O)(=O)N2CCCCCC2CO)c1C. The Kier molecular flexibility index (Phi) is 4.91. The summed E-state index contributed by atoms with van der Waals surface area (Å²) in [5, 5.41) is 9.55. The summed E-state index contributed by atoms with van der Waals surface area (Å²) < 4.78 is 27.5. The van der Waals surface area contributed by atoms with Gasteiger partial charge in [0.05, 0.1) is 12.3 Å². The molecular weight excluding hydrogens is 288 g/mol. The zero-order valence-electron chi connectivity index (χ0n) is 12.7. The maximum atomic E-state index is 13.0. The average molecular weight is 312 g/mol. The lowest BCUT2D eigenvalue weighted by Crippen LogP contribution is -2.42. The molecule has 0 aliphatic carbocycles. The van der Waals surface area contributed by atoms with E-state index in [9.17, 15) is 13.5 Å². The van der Waals surface area contributed by atoms with E-state index >= 15 is 0 Å². The van der Waals surface area contributed by atoms with Gasteiger partial charge >= 0.3 is 0 Å². The van der Waals surface area contributed by atoms with E-state index in [-0.39, 0.29) is 23.2 Å². The van der Waals surface area contributed by atoms with E-state index in [2.05, 4.69) is 0 Å². The van der Waals surface area contributed by atoms with Crippen LogP contribution >= 0.6 is 0 Å². The molecule has 21 heavy (non-hydrogen) atoms. The Morgan fingerprint density at radius 2 is 2.00 bits per heavy atom. The molecule has 1 saturated heterocycles.